The molecule has 2 N–H and O–H groups in total. The first-order valence-electron chi connectivity index (χ1n) is 11.4. The number of carbonyl (C=O) groups excluding carboxylic acids is 1. The molecule has 0 spiro atoms. The molecule has 13 heteroatoms. The van der Waals surface area contributed by atoms with Gasteiger partial charge in [-0.1, -0.05) is 0 Å². The van der Waals surface area contributed by atoms with Gasteiger partial charge in [-0.25, -0.2) is 14.6 Å². The molecule has 1 atom stereocenters. The smallest absolute Gasteiger partial charge is 0.490 e. The fourth-order valence-electron chi connectivity index (χ4n) is 3.09. The van der Waals surface area contributed by atoms with Gasteiger partial charge in [0.05, 0.1) is 18.8 Å². The van der Waals surface area contributed by atoms with Gasteiger partial charge >= 0.3 is 18.1 Å². The summed E-state index contributed by atoms with van der Waals surface area (Å²) in [6.45, 7) is 3.99. The van der Waals surface area contributed by atoms with Gasteiger partial charge in [-0.2, -0.15) is 13.2 Å². The zero-order valence-corrected chi connectivity index (χ0v) is 20.9. The Morgan fingerprint density at radius 3 is 2.26 bits per heavy atom. The Hall–Kier alpha value is -3.87. The number of halogens is 3. The Labute approximate surface area is 216 Å². The highest BCUT2D eigenvalue weighted by molar-refractivity contribution is 6.10. The number of alkyl halides is 3. The van der Waals surface area contributed by atoms with Gasteiger partial charge in [0.1, 0.15) is 18.1 Å². The molecule has 0 aliphatic carbocycles. The molecular formula is C25H28F3NO9. The van der Waals surface area contributed by atoms with Gasteiger partial charge in [-0.3, -0.25) is 4.79 Å². The highest BCUT2D eigenvalue weighted by atomic mass is 19.4. The van der Waals surface area contributed by atoms with Crippen molar-refractivity contribution >= 4 is 17.7 Å². The normalized spacial score (nSPS) is 15.5. The lowest BCUT2D eigenvalue weighted by Crippen LogP contribution is -2.38. The van der Waals surface area contributed by atoms with E-state index in [9.17, 15) is 27.9 Å². The molecular weight excluding hydrogens is 515 g/mol. The van der Waals surface area contributed by atoms with E-state index in [-0.39, 0.29) is 23.2 Å². The lowest BCUT2D eigenvalue weighted by Gasteiger charge is -2.23. The summed E-state index contributed by atoms with van der Waals surface area (Å²) < 4.78 is 53.9. The van der Waals surface area contributed by atoms with Crippen LogP contribution >= 0.6 is 0 Å². The summed E-state index contributed by atoms with van der Waals surface area (Å²) in [4.78, 5) is 37.7. The second-order valence-electron chi connectivity index (χ2n) is 8.60. The maximum absolute atomic E-state index is 13.1. The summed E-state index contributed by atoms with van der Waals surface area (Å²) in [5.41, 5.74) is -0.996. The Morgan fingerprint density at radius 2 is 1.76 bits per heavy atom. The monoisotopic (exact) mass is 543 g/mol. The number of hydrogen-bond donors (Lipinski definition) is 2. The Morgan fingerprint density at radius 1 is 1.08 bits per heavy atom. The van der Waals surface area contributed by atoms with Crippen molar-refractivity contribution in [2.45, 2.75) is 51.0 Å². The quantitative estimate of drug-likeness (QED) is 0.443. The summed E-state index contributed by atoms with van der Waals surface area (Å²) >= 11 is 0. The Bertz CT molecular complexity index is 1110. The molecule has 0 bridgehead atoms. The topological polar surface area (TPSA) is 141 Å². The first-order chi connectivity index (χ1) is 17.7. The maximum Gasteiger partial charge on any atom is 0.490 e. The molecule has 2 aromatic rings. The van der Waals surface area contributed by atoms with Crippen molar-refractivity contribution in [1.29, 1.82) is 0 Å². The molecule has 1 saturated heterocycles. The molecule has 1 unspecified atom stereocenters. The second kappa shape index (κ2) is 13.1. The van der Waals surface area contributed by atoms with Crippen LogP contribution in [0.5, 0.6) is 17.4 Å². The molecule has 0 saturated carbocycles. The van der Waals surface area contributed by atoms with E-state index in [0.29, 0.717) is 23.8 Å². The van der Waals surface area contributed by atoms with E-state index in [1.165, 1.54) is 33.2 Å². The summed E-state index contributed by atoms with van der Waals surface area (Å²) in [5.74, 6) is -3.30. The number of ketones is 1. The summed E-state index contributed by atoms with van der Waals surface area (Å²) in [7, 11) is 1.48. The van der Waals surface area contributed by atoms with Crippen LogP contribution in [0.15, 0.2) is 36.5 Å². The van der Waals surface area contributed by atoms with Crippen LogP contribution in [0, 0.1) is 0 Å². The number of rotatable bonds is 9. The fourth-order valence-corrected chi connectivity index (χ4v) is 3.09. The lowest BCUT2D eigenvalue weighted by atomic mass is 10.0. The molecule has 1 fully saturated rings. The number of pyridine rings is 1. The first-order valence-corrected chi connectivity index (χ1v) is 11.4. The number of benzene rings is 1. The van der Waals surface area contributed by atoms with Crippen LogP contribution in [-0.2, 0) is 14.3 Å². The molecule has 0 radical (unpaired) electrons. The number of aromatic nitrogens is 1. The van der Waals surface area contributed by atoms with Crippen LogP contribution in [0.1, 0.15) is 49.0 Å². The largest absolute Gasteiger partial charge is 0.497 e. The van der Waals surface area contributed by atoms with Crippen LogP contribution in [0.4, 0.5) is 13.2 Å². The summed E-state index contributed by atoms with van der Waals surface area (Å²) in [6, 6.07) is 7.89. The van der Waals surface area contributed by atoms with Gasteiger partial charge in [0.25, 0.3) is 0 Å². The number of carboxylic acids is 2. The number of aliphatic carboxylic acids is 2. The average Bonchev–Trinajstić information content (AvgIpc) is 2.87. The van der Waals surface area contributed by atoms with E-state index in [1.807, 2.05) is 0 Å². The first kappa shape index (κ1) is 30.4. The van der Waals surface area contributed by atoms with E-state index in [4.69, 9.17) is 28.8 Å². The van der Waals surface area contributed by atoms with Crippen LogP contribution in [0.2, 0.25) is 0 Å². The Kier molecular flexibility index (Phi) is 10.5. The van der Waals surface area contributed by atoms with E-state index in [1.54, 1.807) is 24.3 Å². The zero-order valence-electron chi connectivity index (χ0n) is 20.9. The van der Waals surface area contributed by atoms with Crippen LogP contribution in [0.3, 0.4) is 0 Å². The Balaban J connectivity index is 0.000000638. The van der Waals surface area contributed by atoms with E-state index >= 15 is 0 Å². The number of carbonyl (C=O) groups is 3. The molecule has 1 aliphatic rings. The van der Waals surface area contributed by atoms with Crippen molar-refractivity contribution in [3.05, 3.63) is 47.7 Å². The van der Waals surface area contributed by atoms with Gasteiger partial charge in [-0.05, 0) is 51.3 Å². The third-order valence-electron chi connectivity index (χ3n) is 5.25. The summed E-state index contributed by atoms with van der Waals surface area (Å²) in [5, 5.41) is 16.5. The highest BCUT2D eigenvalue weighted by Crippen LogP contribution is 2.30. The van der Waals surface area contributed by atoms with Crippen LogP contribution in [0.25, 0.3) is 0 Å². The predicted molar refractivity (Wildman–Crippen MR) is 126 cm³/mol. The van der Waals surface area contributed by atoms with Gasteiger partial charge in [0.15, 0.2) is 11.4 Å². The lowest BCUT2D eigenvalue weighted by molar-refractivity contribution is -0.192. The molecule has 1 aliphatic heterocycles. The van der Waals surface area contributed by atoms with E-state index in [0.717, 1.165) is 25.9 Å². The number of carboxylic acid groups (broad SMARTS) is 2. The molecule has 3 rings (SSSR count). The van der Waals surface area contributed by atoms with Crippen LogP contribution < -0.4 is 14.2 Å². The molecule has 38 heavy (non-hydrogen) atoms. The van der Waals surface area contributed by atoms with Crippen molar-refractivity contribution in [3.63, 3.8) is 0 Å². The van der Waals surface area contributed by atoms with Crippen molar-refractivity contribution in [2.24, 2.45) is 0 Å². The number of hydrogen-bond acceptors (Lipinski definition) is 8. The van der Waals surface area contributed by atoms with Crippen molar-refractivity contribution in [1.82, 2.24) is 4.98 Å². The van der Waals surface area contributed by atoms with E-state index < -0.39 is 23.7 Å². The molecule has 208 valence electrons. The molecule has 1 aromatic heterocycles. The van der Waals surface area contributed by atoms with Crippen molar-refractivity contribution < 1.29 is 56.7 Å². The summed E-state index contributed by atoms with van der Waals surface area (Å²) in [6.07, 6.45) is -0.431. The van der Waals surface area contributed by atoms with Crippen molar-refractivity contribution in [2.75, 3.05) is 20.3 Å². The third-order valence-corrected chi connectivity index (χ3v) is 5.25. The van der Waals surface area contributed by atoms with Gasteiger partial charge in [0.2, 0.25) is 5.88 Å². The van der Waals surface area contributed by atoms with Crippen LogP contribution in [-0.4, -0.2) is 71.1 Å². The maximum atomic E-state index is 13.1. The van der Waals surface area contributed by atoms with Gasteiger partial charge in [-0.15, -0.1) is 0 Å². The second-order valence-corrected chi connectivity index (χ2v) is 8.60. The molecule has 1 aromatic carbocycles. The average molecular weight is 543 g/mol. The minimum absolute atomic E-state index is 0.0634. The highest BCUT2D eigenvalue weighted by Gasteiger charge is 2.38. The number of ether oxygens (including phenoxy) is 4. The fraction of sp³-hybridized carbons (Fsp3) is 0.440. The van der Waals surface area contributed by atoms with Gasteiger partial charge in [0, 0.05) is 30.5 Å². The van der Waals surface area contributed by atoms with E-state index in [2.05, 4.69) is 4.98 Å². The number of methoxy groups -OCH3 is 1. The molecule has 0 amide bonds. The standard InChI is InChI=1S/C23H27NO7.C2HF3O2/c1-23(2,22(26)27)31-19-12-16(28-3)8-9-18(19)21(25)15-7-10-20(24-13-15)30-14-17-6-4-5-11-29-17;3-2(4,5)1(6)7/h7-10,12-13,17H,4-6,11,14H2,1-3H3,(H,26,27);(H,6,7). The van der Waals surface area contributed by atoms with Crippen molar-refractivity contribution in [3.8, 4) is 17.4 Å². The zero-order chi connectivity index (χ0) is 28.5. The SMILES string of the molecule is COc1ccc(C(=O)c2ccc(OCC3CCCCO3)nc2)c(OC(C)(C)C(=O)O)c1.O=C(O)C(F)(F)F. The molecule has 10 nitrogen and oxygen atoms in total. The third kappa shape index (κ3) is 8.91. The predicted octanol–water partition coefficient (Wildman–Crippen LogP) is 4.14. The number of nitrogens with zero attached hydrogens (tertiary/aromatic N) is 1. The molecule has 2 heterocycles. The minimum Gasteiger partial charge on any atom is -0.497 e. The van der Waals surface area contributed by atoms with Gasteiger partial charge < -0.3 is 29.2 Å². The minimum atomic E-state index is -5.08.